The number of fused-ring (bicyclic) bond motifs is 1. The highest BCUT2D eigenvalue weighted by Gasteiger charge is 2.38. The molecule has 4 rings (SSSR count). The van der Waals surface area contributed by atoms with Crippen molar-refractivity contribution in [2.24, 2.45) is 0 Å². The van der Waals surface area contributed by atoms with E-state index in [1.165, 1.54) is 17.0 Å². The Balaban J connectivity index is 1.51. The number of amides is 3. The van der Waals surface area contributed by atoms with Gasteiger partial charge in [0.2, 0.25) is 0 Å². The van der Waals surface area contributed by atoms with Crippen molar-refractivity contribution in [2.75, 3.05) is 6.54 Å². The van der Waals surface area contributed by atoms with Gasteiger partial charge in [0.05, 0.1) is 34.3 Å². The van der Waals surface area contributed by atoms with Crippen LogP contribution in [0.4, 0.5) is 35.9 Å². The lowest BCUT2D eigenvalue weighted by molar-refractivity contribution is -0.143. The second kappa shape index (κ2) is 11.6. The molecule has 0 bridgehead atoms. The number of carbonyl (C=O) groups excluding carboxylic acids is 3. The first-order valence-electron chi connectivity index (χ1n) is 12.8. The molecule has 0 spiro atoms. The number of hydrogen-bond acceptors (Lipinski definition) is 6. The van der Waals surface area contributed by atoms with Crippen LogP contribution >= 0.6 is 11.8 Å². The summed E-state index contributed by atoms with van der Waals surface area (Å²) < 4.78 is 86.2. The molecule has 0 aliphatic carbocycles. The first-order chi connectivity index (χ1) is 19.8. The van der Waals surface area contributed by atoms with Crippen molar-refractivity contribution in [3.63, 3.8) is 0 Å². The molecule has 0 unspecified atom stereocenters. The predicted octanol–water partition coefficient (Wildman–Crippen LogP) is 7.07. The second-order valence-corrected chi connectivity index (χ2v) is 11.8. The number of alkyl carbamates (subject to hydrolysis) is 1. The van der Waals surface area contributed by atoms with Crippen LogP contribution in [-0.2, 0) is 28.4 Å². The molecule has 1 aliphatic rings. The molecule has 1 N–H and O–H groups in total. The summed E-state index contributed by atoms with van der Waals surface area (Å²) in [7, 11) is 0. The Kier molecular flexibility index (Phi) is 8.60. The smallest absolute Gasteiger partial charge is 0.416 e. The van der Waals surface area contributed by atoms with E-state index in [2.05, 4.69) is 10.4 Å². The van der Waals surface area contributed by atoms with Crippen LogP contribution in [0.1, 0.15) is 49.9 Å². The van der Waals surface area contributed by atoms with Crippen molar-refractivity contribution in [1.82, 2.24) is 20.0 Å². The van der Waals surface area contributed by atoms with Gasteiger partial charge in [0.15, 0.2) is 0 Å². The van der Waals surface area contributed by atoms with Gasteiger partial charge < -0.3 is 10.1 Å². The predicted molar refractivity (Wildman–Crippen MR) is 147 cm³/mol. The number of nitrogens with one attached hydrogen (secondary N) is 1. The maximum atomic E-state index is 13.6. The molecule has 3 aromatic rings. The number of rotatable bonds is 6. The van der Waals surface area contributed by atoms with E-state index in [0.717, 1.165) is 11.0 Å². The summed E-state index contributed by atoms with van der Waals surface area (Å²) in [6.07, 6.45) is -7.79. The van der Waals surface area contributed by atoms with E-state index in [1.807, 2.05) is 0 Å². The van der Waals surface area contributed by atoms with Gasteiger partial charge in [-0.25, -0.2) is 4.79 Å². The standard InChI is InChI=1S/C28H26F6N4O4S/c1-15(36-24(40)42-26(2,3)4)13-37-23(39)22(43-25(37)41)10-16-5-8-21-18(9-16)12-35-38(21)14-17-6-7-19(27(29,30)31)11-20(17)28(32,33)34/h5-12,15H,13-14H2,1-4H3,(H,36,40)/t15-/m1/s1. The zero-order valence-electron chi connectivity index (χ0n) is 23.3. The summed E-state index contributed by atoms with van der Waals surface area (Å²) in [5.41, 5.74) is -3.02. The topological polar surface area (TPSA) is 93.5 Å². The Morgan fingerprint density at radius 1 is 1.05 bits per heavy atom. The van der Waals surface area contributed by atoms with Crippen molar-refractivity contribution < 1.29 is 45.5 Å². The molecule has 0 saturated carbocycles. The number of thioether (sulfide) groups is 1. The average Bonchev–Trinajstić information content (AvgIpc) is 3.36. The highest BCUT2D eigenvalue weighted by Crippen LogP contribution is 2.38. The maximum Gasteiger partial charge on any atom is 0.416 e. The number of carbonyl (C=O) groups is 3. The molecule has 15 heteroatoms. The van der Waals surface area contributed by atoms with Gasteiger partial charge >= 0.3 is 18.4 Å². The molecule has 1 saturated heterocycles. The molecular weight excluding hydrogens is 602 g/mol. The molecule has 0 radical (unpaired) electrons. The quantitative estimate of drug-likeness (QED) is 0.232. The maximum absolute atomic E-state index is 13.6. The van der Waals surface area contributed by atoms with Gasteiger partial charge in [-0.05, 0) is 80.9 Å². The lowest BCUT2D eigenvalue weighted by Gasteiger charge is -2.23. The van der Waals surface area contributed by atoms with E-state index in [-0.39, 0.29) is 17.5 Å². The van der Waals surface area contributed by atoms with Crippen LogP contribution in [0.2, 0.25) is 0 Å². The van der Waals surface area contributed by atoms with Crippen LogP contribution in [0.5, 0.6) is 0 Å². The van der Waals surface area contributed by atoms with E-state index >= 15 is 0 Å². The fraction of sp³-hybridized carbons (Fsp3) is 0.357. The van der Waals surface area contributed by atoms with Crippen LogP contribution < -0.4 is 5.32 Å². The number of benzene rings is 2. The summed E-state index contributed by atoms with van der Waals surface area (Å²) in [6, 6.07) is 5.59. The van der Waals surface area contributed by atoms with Gasteiger partial charge in [0.25, 0.3) is 11.1 Å². The van der Waals surface area contributed by atoms with Gasteiger partial charge in [0.1, 0.15) is 5.60 Å². The third kappa shape index (κ3) is 7.69. The monoisotopic (exact) mass is 628 g/mol. The van der Waals surface area contributed by atoms with Crippen LogP contribution in [0.25, 0.3) is 17.0 Å². The minimum Gasteiger partial charge on any atom is -0.444 e. The number of ether oxygens (including phenoxy) is 1. The first-order valence-corrected chi connectivity index (χ1v) is 13.6. The van der Waals surface area contributed by atoms with E-state index in [4.69, 9.17) is 4.74 Å². The van der Waals surface area contributed by atoms with Crippen LogP contribution in [0.3, 0.4) is 0 Å². The normalized spacial score (nSPS) is 16.3. The summed E-state index contributed by atoms with van der Waals surface area (Å²) in [5.74, 6) is -0.564. The number of hydrogen-bond donors (Lipinski definition) is 1. The van der Waals surface area contributed by atoms with Crippen LogP contribution in [-0.4, -0.2) is 50.1 Å². The molecule has 8 nitrogen and oxygen atoms in total. The van der Waals surface area contributed by atoms with Gasteiger partial charge in [-0.1, -0.05) is 12.1 Å². The zero-order chi connectivity index (χ0) is 31.9. The second-order valence-electron chi connectivity index (χ2n) is 10.8. The largest absolute Gasteiger partial charge is 0.444 e. The van der Waals surface area contributed by atoms with Crippen molar-refractivity contribution in [2.45, 2.75) is 58.2 Å². The number of halogens is 6. The summed E-state index contributed by atoms with van der Waals surface area (Å²) in [5, 5.41) is 6.64. The molecule has 1 aromatic heterocycles. The highest BCUT2D eigenvalue weighted by atomic mass is 32.2. The number of aromatic nitrogens is 2. The van der Waals surface area contributed by atoms with Crippen molar-refractivity contribution >= 4 is 46.0 Å². The lowest BCUT2D eigenvalue weighted by Crippen LogP contribution is -2.45. The molecule has 2 heterocycles. The Morgan fingerprint density at radius 2 is 1.74 bits per heavy atom. The minimum absolute atomic E-state index is 0.0839. The molecule has 3 amide bonds. The summed E-state index contributed by atoms with van der Waals surface area (Å²) in [4.78, 5) is 38.6. The van der Waals surface area contributed by atoms with Crippen molar-refractivity contribution in [3.05, 3.63) is 69.8 Å². The molecule has 1 aliphatic heterocycles. The number of alkyl halides is 6. The molecule has 1 fully saturated rings. The molecule has 1 atom stereocenters. The van der Waals surface area contributed by atoms with E-state index < -0.39 is 64.5 Å². The fourth-order valence-corrected chi connectivity index (χ4v) is 5.12. The first kappa shape index (κ1) is 31.9. The van der Waals surface area contributed by atoms with Gasteiger partial charge in [-0.3, -0.25) is 19.2 Å². The Hall–Kier alpha value is -4.01. The van der Waals surface area contributed by atoms with Crippen molar-refractivity contribution in [3.8, 4) is 0 Å². The molecule has 43 heavy (non-hydrogen) atoms. The zero-order valence-corrected chi connectivity index (χ0v) is 24.1. The van der Waals surface area contributed by atoms with E-state index in [0.29, 0.717) is 34.3 Å². The van der Waals surface area contributed by atoms with Gasteiger partial charge in [0, 0.05) is 18.0 Å². The summed E-state index contributed by atoms with van der Waals surface area (Å²) in [6.45, 7) is 6.18. The Bertz CT molecular complexity index is 1610. The van der Waals surface area contributed by atoms with Crippen molar-refractivity contribution in [1.29, 1.82) is 0 Å². The molecule has 230 valence electrons. The molecular formula is C28H26F6N4O4S. The van der Waals surface area contributed by atoms with Gasteiger partial charge in [-0.2, -0.15) is 31.4 Å². The number of nitrogens with zero attached hydrogens (tertiary/aromatic N) is 3. The Morgan fingerprint density at radius 3 is 2.37 bits per heavy atom. The number of imide groups is 1. The minimum atomic E-state index is -5.01. The third-order valence-electron chi connectivity index (χ3n) is 6.12. The van der Waals surface area contributed by atoms with E-state index in [9.17, 15) is 40.7 Å². The molecule has 2 aromatic carbocycles. The lowest BCUT2D eigenvalue weighted by atomic mass is 10.0. The summed E-state index contributed by atoms with van der Waals surface area (Å²) >= 11 is 0.714. The third-order valence-corrected chi connectivity index (χ3v) is 7.03. The average molecular weight is 629 g/mol. The Labute approximate surface area is 246 Å². The highest BCUT2D eigenvalue weighted by molar-refractivity contribution is 8.18. The fourth-order valence-electron chi connectivity index (χ4n) is 4.27. The SMILES string of the molecule is C[C@H](CN1C(=O)SC(=Cc2ccc3c(cnn3Cc3ccc(C(F)(F)F)cc3C(F)(F)F)c2)C1=O)NC(=O)OC(C)(C)C. The van der Waals surface area contributed by atoms with Crippen LogP contribution in [0.15, 0.2) is 47.5 Å². The van der Waals surface area contributed by atoms with Gasteiger partial charge in [-0.15, -0.1) is 0 Å². The van der Waals surface area contributed by atoms with Crippen LogP contribution in [0, 0.1) is 0 Å². The van der Waals surface area contributed by atoms with E-state index in [1.54, 1.807) is 45.9 Å².